The highest BCUT2D eigenvalue weighted by atomic mass is 19.1. The van der Waals surface area contributed by atoms with Gasteiger partial charge >= 0.3 is 5.97 Å². The number of hydrogen-bond donors (Lipinski definition) is 3. The van der Waals surface area contributed by atoms with Crippen molar-refractivity contribution in [2.45, 2.75) is 13.0 Å². The van der Waals surface area contributed by atoms with Crippen molar-refractivity contribution in [1.29, 1.82) is 0 Å². The molecule has 3 rings (SSSR count). The Kier molecular flexibility index (Phi) is 6.38. The number of anilines is 1. The van der Waals surface area contributed by atoms with Crippen LogP contribution in [-0.2, 0) is 4.79 Å². The minimum Gasteiger partial charge on any atom is -0.482 e. The number of benzene rings is 2. The minimum absolute atomic E-state index is 0.0249. The third-order valence-corrected chi connectivity index (χ3v) is 4.33. The number of hydrogen-bond acceptors (Lipinski definition) is 5. The molecule has 30 heavy (non-hydrogen) atoms. The van der Waals surface area contributed by atoms with Crippen molar-refractivity contribution >= 4 is 17.6 Å². The van der Waals surface area contributed by atoms with Crippen LogP contribution in [0.1, 0.15) is 28.9 Å². The summed E-state index contributed by atoms with van der Waals surface area (Å²) >= 11 is 0. The fraction of sp³-hybridized carbons (Fsp3) is 0.136. The van der Waals surface area contributed by atoms with E-state index >= 15 is 0 Å². The van der Waals surface area contributed by atoms with Gasteiger partial charge in [0.15, 0.2) is 12.4 Å². The molecule has 0 aliphatic heterocycles. The highest BCUT2D eigenvalue weighted by Crippen LogP contribution is 2.31. The smallest absolute Gasteiger partial charge is 0.341 e. The van der Waals surface area contributed by atoms with Gasteiger partial charge in [0.1, 0.15) is 5.75 Å². The van der Waals surface area contributed by atoms with Crippen LogP contribution in [0, 0.1) is 5.82 Å². The molecule has 8 heteroatoms. The standard InChI is InChI=1S/C22H20FN3O4/c1-13(24)17-6-5-15(22(29)26-20-7-8-25-11-19(20)23)10-18(17)14-3-2-4-16(9-14)30-12-21(27)28/h2-11,13H,12,24H2,1H3,(H,27,28)(H,25,26,29). The van der Waals surface area contributed by atoms with E-state index in [1.165, 1.54) is 12.3 Å². The summed E-state index contributed by atoms with van der Waals surface area (Å²) < 4.78 is 19.0. The molecular weight excluding hydrogens is 389 g/mol. The monoisotopic (exact) mass is 409 g/mol. The van der Waals surface area contributed by atoms with Crippen LogP contribution in [0.2, 0.25) is 0 Å². The Balaban J connectivity index is 1.96. The summed E-state index contributed by atoms with van der Waals surface area (Å²) in [6.45, 7) is 1.35. The maximum absolute atomic E-state index is 13.8. The summed E-state index contributed by atoms with van der Waals surface area (Å²) in [6.07, 6.45) is 2.40. The summed E-state index contributed by atoms with van der Waals surface area (Å²) in [7, 11) is 0. The van der Waals surface area contributed by atoms with Crippen LogP contribution >= 0.6 is 0 Å². The van der Waals surface area contributed by atoms with E-state index in [0.29, 0.717) is 22.4 Å². The quantitative estimate of drug-likeness (QED) is 0.549. The van der Waals surface area contributed by atoms with Crippen LogP contribution < -0.4 is 15.8 Å². The Morgan fingerprint density at radius 3 is 2.73 bits per heavy atom. The molecule has 0 aliphatic rings. The van der Waals surface area contributed by atoms with Crippen molar-refractivity contribution in [3.8, 4) is 16.9 Å². The number of nitrogens with zero attached hydrogens (tertiary/aromatic N) is 1. The van der Waals surface area contributed by atoms with Crippen LogP contribution in [-0.4, -0.2) is 28.6 Å². The molecule has 7 nitrogen and oxygen atoms in total. The maximum atomic E-state index is 13.8. The predicted molar refractivity (Wildman–Crippen MR) is 110 cm³/mol. The van der Waals surface area contributed by atoms with Gasteiger partial charge in [-0.1, -0.05) is 18.2 Å². The first kappa shape index (κ1) is 20.9. The van der Waals surface area contributed by atoms with Crippen molar-refractivity contribution in [3.05, 3.63) is 77.9 Å². The maximum Gasteiger partial charge on any atom is 0.341 e. The molecule has 2 aromatic carbocycles. The highest BCUT2D eigenvalue weighted by molar-refractivity contribution is 6.05. The zero-order valence-electron chi connectivity index (χ0n) is 16.1. The Morgan fingerprint density at radius 2 is 2.03 bits per heavy atom. The average molecular weight is 409 g/mol. The lowest BCUT2D eigenvalue weighted by atomic mass is 9.93. The number of carboxylic acid groups (broad SMARTS) is 1. The molecule has 0 radical (unpaired) electrons. The molecule has 0 saturated heterocycles. The van der Waals surface area contributed by atoms with Crippen LogP contribution in [0.3, 0.4) is 0 Å². The lowest BCUT2D eigenvalue weighted by Gasteiger charge is -2.16. The fourth-order valence-electron chi connectivity index (χ4n) is 2.91. The van der Waals surface area contributed by atoms with Gasteiger partial charge in [-0.25, -0.2) is 9.18 Å². The molecule has 3 aromatic rings. The number of carbonyl (C=O) groups excluding carboxylic acids is 1. The summed E-state index contributed by atoms with van der Waals surface area (Å²) in [5.41, 5.74) is 8.61. The van der Waals surface area contributed by atoms with Gasteiger partial charge in [0.2, 0.25) is 0 Å². The van der Waals surface area contributed by atoms with Crippen molar-refractivity contribution in [2.75, 3.05) is 11.9 Å². The molecule has 1 unspecified atom stereocenters. The lowest BCUT2D eigenvalue weighted by Crippen LogP contribution is -2.14. The zero-order chi connectivity index (χ0) is 21.7. The van der Waals surface area contributed by atoms with Crippen LogP contribution in [0.4, 0.5) is 10.1 Å². The largest absolute Gasteiger partial charge is 0.482 e. The number of nitrogens with two attached hydrogens (primary N) is 1. The van der Waals surface area contributed by atoms with Gasteiger partial charge in [-0.05, 0) is 53.9 Å². The number of carboxylic acids is 1. The van der Waals surface area contributed by atoms with Gasteiger partial charge in [-0.15, -0.1) is 0 Å². The molecule has 0 aliphatic carbocycles. The summed E-state index contributed by atoms with van der Waals surface area (Å²) in [4.78, 5) is 27.1. The van der Waals surface area contributed by atoms with E-state index < -0.39 is 24.3 Å². The first-order chi connectivity index (χ1) is 14.3. The third kappa shape index (κ3) is 4.98. The number of carbonyl (C=O) groups is 2. The van der Waals surface area contributed by atoms with Crippen LogP contribution in [0.5, 0.6) is 5.75 Å². The van der Waals surface area contributed by atoms with E-state index in [-0.39, 0.29) is 11.7 Å². The van der Waals surface area contributed by atoms with Crippen molar-refractivity contribution < 1.29 is 23.8 Å². The molecular formula is C22H20FN3O4. The lowest BCUT2D eigenvalue weighted by molar-refractivity contribution is -0.139. The molecule has 154 valence electrons. The van der Waals surface area contributed by atoms with Gasteiger partial charge in [-0.3, -0.25) is 9.78 Å². The Bertz CT molecular complexity index is 1090. The van der Waals surface area contributed by atoms with Crippen molar-refractivity contribution in [3.63, 3.8) is 0 Å². The Morgan fingerprint density at radius 1 is 1.23 bits per heavy atom. The Labute approximate surface area is 172 Å². The third-order valence-electron chi connectivity index (χ3n) is 4.33. The van der Waals surface area contributed by atoms with Gasteiger partial charge in [0, 0.05) is 17.8 Å². The molecule has 0 bridgehead atoms. The molecule has 1 aromatic heterocycles. The first-order valence-corrected chi connectivity index (χ1v) is 9.10. The molecule has 0 saturated carbocycles. The number of rotatable bonds is 7. The van der Waals surface area contributed by atoms with Crippen LogP contribution in [0.15, 0.2) is 60.9 Å². The van der Waals surface area contributed by atoms with E-state index in [1.807, 2.05) is 6.92 Å². The summed E-state index contributed by atoms with van der Waals surface area (Å²) in [5, 5.41) is 11.3. The summed E-state index contributed by atoms with van der Waals surface area (Å²) in [5.74, 6) is -1.84. The molecule has 0 fully saturated rings. The molecule has 1 amide bonds. The van der Waals surface area contributed by atoms with Gasteiger partial charge in [0.25, 0.3) is 5.91 Å². The number of pyridine rings is 1. The van der Waals surface area contributed by atoms with Gasteiger partial charge in [0.05, 0.1) is 11.9 Å². The molecule has 1 atom stereocenters. The highest BCUT2D eigenvalue weighted by Gasteiger charge is 2.15. The van der Waals surface area contributed by atoms with Crippen LogP contribution in [0.25, 0.3) is 11.1 Å². The molecule has 4 N–H and O–H groups in total. The number of aliphatic carboxylic acids is 1. The Hall–Kier alpha value is -3.78. The second-order valence-corrected chi connectivity index (χ2v) is 6.61. The van der Waals surface area contributed by atoms with Gasteiger partial charge < -0.3 is 20.9 Å². The van der Waals surface area contributed by atoms with E-state index in [1.54, 1.807) is 42.5 Å². The van der Waals surface area contributed by atoms with Gasteiger partial charge in [-0.2, -0.15) is 0 Å². The predicted octanol–water partition coefficient (Wildman–Crippen LogP) is 3.62. The normalized spacial score (nSPS) is 11.6. The second-order valence-electron chi connectivity index (χ2n) is 6.61. The van der Waals surface area contributed by atoms with E-state index in [0.717, 1.165) is 11.8 Å². The number of ether oxygens (including phenoxy) is 1. The van der Waals surface area contributed by atoms with Crippen molar-refractivity contribution in [2.24, 2.45) is 5.73 Å². The first-order valence-electron chi connectivity index (χ1n) is 9.10. The topological polar surface area (TPSA) is 115 Å². The molecule has 0 spiro atoms. The number of aromatic nitrogens is 1. The zero-order valence-corrected chi connectivity index (χ0v) is 16.1. The number of nitrogens with one attached hydrogen (secondary N) is 1. The fourth-order valence-corrected chi connectivity index (χ4v) is 2.91. The minimum atomic E-state index is -1.08. The van der Waals surface area contributed by atoms with Crippen molar-refractivity contribution in [1.82, 2.24) is 4.98 Å². The SMILES string of the molecule is CC(N)c1ccc(C(=O)Nc2ccncc2F)cc1-c1cccc(OCC(=O)O)c1. The van der Waals surface area contributed by atoms with E-state index in [9.17, 15) is 14.0 Å². The number of amides is 1. The molecule has 1 heterocycles. The van der Waals surface area contributed by atoms with E-state index in [4.69, 9.17) is 15.6 Å². The average Bonchev–Trinajstić information content (AvgIpc) is 2.73. The van der Waals surface area contributed by atoms with E-state index in [2.05, 4.69) is 10.3 Å². The number of halogens is 1. The summed E-state index contributed by atoms with van der Waals surface area (Å²) in [6, 6.07) is 12.9. The second kappa shape index (κ2) is 9.15.